The molecule has 1 aromatic rings. The number of nitriles is 6. The third-order valence-electron chi connectivity index (χ3n) is 0.834. The Morgan fingerprint density at radius 1 is 0.750 bits per heavy atom. The van der Waals surface area contributed by atoms with E-state index >= 15 is 0 Å². The molecule has 0 aliphatic heterocycles. The summed E-state index contributed by atoms with van der Waals surface area (Å²) in [5.74, 6) is 0.984. The van der Waals surface area contributed by atoms with E-state index in [1.165, 1.54) is 0 Å². The van der Waals surface area contributed by atoms with E-state index in [1.807, 2.05) is 20.0 Å². The van der Waals surface area contributed by atoms with Crippen molar-refractivity contribution in [3.63, 3.8) is 0 Å². The molecule has 0 fully saturated rings. The molecule has 8 nitrogen and oxygen atoms in total. The normalized spacial score (nSPS) is 3.90. The molecule has 1 N–H and O–H groups in total. The van der Waals surface area contributed by atoms with Gasteiger partial charge in [0.25, 0.3) is 0 Å². The maximum absolute atomic E-state index is 6.50. The Labute approximate surface area is 130 Å². The van der Waals surface area contributed by atoms with Gasteiger partial charge in [0.1, 0.15) is 5.82 Å². The van der Waals surface area contributed by atoms with Gasteiger partial charge in [-0.2, -0.15) is 0 Å². The van der Waals surface area contributed by atoms with Crippen molar-refractivity contribution in [2.75, 3.05) is 0 Å². The van der Waals surface area contributed by atoms with Crippen LogP contribution in [0.2, 0.25) is 0 Å². The number of aryl methyl sites for hydroxylation is 2. The molecule has 0 amide bonds. The van der Waals surface area contributed by atoms with Gasteiger partial charge in [-0.3, -0.25) is 0 Å². The van der Waals surface area contributed by atoms with Crippen LogP contribution < -0.4 is 0 Å². The van der Waals surface area contributed by atoms with Gasteiger partial charge in [0, 0.05) is 62.7 Å². The number of aromatic nitrogens is 2. The number of nitrogens with zero attached hydrogens (tertiary/aromatic N) is 7. The Morgan fingerprint density at radius 2 is 1.00 bits per heavy atom. The second kappa shape index (κ2) is 105. The van der Waals surface area contributed by atoms with Gasteiger partial charge in [0.2, 0.25) is 0 Å². The summed E-state index contributed by atoms with van der Waals surface area (Å²) < 4.78 is 0. The smallest absolute Gasteiger partial charge is 0.103 e. The Morgan fingerprint density at radius 3 is 1.05 bits per heavy atom. The summed E-state index contributed by atoms with van der Waals surface area (Å²) in [6.07, 6.45) is 1.88. The van der Waals surface area contributed by atoms with Crippen molar-refractivity contribution in [3.8, 4) is 39.4 Å². The predicted octanol–water partition coefficient (Wildman–Crippen LogP) is 1.86. The number of hydrogen-bond donors (Lipinski definition) is 1. The maximum Gasteiger partial charge on any atom is 0.103 e. The van der Waals surface area contributed by atoms with E-state index in [-0.39, 0.29) is 17.1 Å². The van der Waals surface area contributed by atoms with Crippen LogP contribution >= 0.6 is 0 Å². The zero-order valence-electron chi connectivity index (χ0n) is 11.0. The van der Waals surface area contributed by atoms with Crippen molar-refractivity contribution in [3.05, 3.63) is 17.7 Å². The Bertz CT molecular complexity index is 306. The average Bonchev–Trinajstić information content (AvgIpc) is 2.94. The Hall–Kier alpha value is -3.33. The number of H-pyrrole nitrogens is 1. The van der Waals surface area contributed by atoms with Crippen molar-refractivity contribution < 1.29 is 17.1 Å². The van der Waals surface area contributed by atoms with Gasteiger partial charge < -0.3 is 4.98 Å². The van der Waals surface area contributed by atoms with Gasteiger partial charge in [-0.15, -0.1) is 0 Å². The second-order valence-electron chi connectivity index (χ2n) is 1.63. The third-order valence-corrected chi connectivity index (χ3v) is 0.834. The minimum Gasteiger partial charge on any atom is -0.349 e. The minimum atomic E-state index is 0. The molecule has 106 valence electrons. The quantitative estimate of drug-likeness (QED) is 0.711. The largest absolute Gasteiger partial charge is 0.349 e. The van der Waals surface area contributed by atoms with E-state index in [0.717, 1.165) is 11.5 Å². The fourth-order valence-corrected chi connectivity index (χ4v) is 0.538. The Balaban J connectivity index is -0.0000000227. The van der Waals surface area contributed by atoms with Crippen LogP contribution in [0.4, 0.5) is 0 Å². The molecule has 0 saturated heterocycles. The summed E-state index contributed by atoms with van der Waals surface area (Å²) >= 11 is 0. The number of nitrogens with one attached hydrogen (secondary N) is 1. The summed E-state index contributed by atoms with van der Waals surface area (Å²) in [5.41, 5.74) is 1.05. The van der Waals surface area contributed by atoms with E-state index in [1.54, 1.807) is 0 Å². The summed E-state index contributed by atoms with van der Waals surface area (Å²) in [6, 6.07) is 0. The number of imidazole rings is 1. The van der Waals surface area contributed by atoms with Crippen molar-refractivity contribution in [1.82, 2.24) is 9.97 Å². The Kier molecular flexibility index (Phi) is 230. The van der Waals surface area contributed by atoms with Crippen LogP contribution in [0.1, 0.15) is 11.5 Å². The summed E-state index contributed by atoms with van der Waals surface area (Å²) in [7, 11) is 0. The van der Waals surface area contributed by atoms with Gasteiger partial charge in [0.05, 0.1) is 5.69 Å². The molecule has 0 radical (unpaired) electrons. The first-order valence-electron chi connectivity index (χ1n) is 3.82. The van der Waals surface area contributed by atoms with E-state index in [0.29, 0.717) is 0 Å². The first kappa shape index (κ1) is 43.8. The van der Waals surface area contributed by atoms with Gasteiger partial charge in [-0.1, -0.05) is 0 Å². The van der Waals surface area contributed by atoms with Crippen LogP contribution in [0.3, 0.4) is 0 Å². The molecular weight excluding hydrogens is 300 g/mol. The van der Waals surface area contributed by atoms with E-state index in [4.69, 9.17) is 31.6 Å². The zero-order chi connectivity index (χ0) is 17.3. The van der Waals surface area contributed by atoms with Gasteiger partial charge >= 0.3 is 0 Å². The molecule has 0 aromatic carbocycles. The van der Waals surface area contributed by atoms with Crippen LogP contribution in [-0.2, 0) is 17.1 Å². The van der Waals surface area contributed by atoms with Gasteiger partial charge in [0.15, 0.2) is 0 Å². The number of hydrogen-bond acceptors (Lipinski definition) is 7. The van der Waals surface area contributed by atoms with E-state index in [2.05, 4.69) is 49.4 Å². The third kappa shape index (κ3) is 85.3. The zero-order valence-corrected chi connectivity index (χ0v) is 12.1. The monoisotopic (exact) mass is 314 g/mol. The molecule has 1 heterocycles. The number of aromatic amines is 1. The van der Waals surface area contributed by atoms with Crippen molar-refractivity contribution >= 4 is 0 Å². The van der Waals surface area contributed by atoms with E-state index < -0.39 is 0 Å². The fourth-order valence-electron chi connectivity index (χ4n) is 0.538. The topological polar surface area (TPSA) is 171 Å². The van der Waals surface area contributed by atoms with Crippen LogP contribution in [0.25, 0.3) is 0 Å². The second-order valence-corrected chi connectivity index (χ2v) is 1.63. The maximum atomic E-state index is 6.50. The van der Waals surface area contributed by atoms with Crippen LogP contribution in [0, 0.1) is 84.9 Å². The van der Waals surface area contributed by atoms with Gasteiger partial charge in [-0.25, -0.2) is 36.6 Å². The number of rotatable bonds is 0. The molecule has 1 aromatic heterocycles. The molecule has 0 unspecified atom stereocenters. The molecule has 0 atom stereocenters. The summed E-state index contributed by atoms with van der Waals surface area (Å²) in [5, 5.41) is 39.0. The average molecular weight is 314 g/mol. The minimum absolute atomic E-state index is 0. The van der Waals surface area contributed by atoms with Crippen LogP contribution in [-0.4, -0.2) is 9.97 Å². The van der Waals surface area contributed by atoms with Crippen molar-refractivity contribution in [2.24, 2.45) is 0 Å². The van der Waals surface area contributed by atoms with Gasteiger partial charge in [-0.05, 0) is 13.8 Å². The molecule has 0 saturated carbocycles. The molecule has 0 aliphatic carbocycles. The van der Waals surface area contributed by atoms with Crippen LogP contribution in [0.5, 0.6) is 0 Å². The summed E-state index contributed by atoms with van der Waals surface area (Å²) in [6.45, 7) is 24.9. The molecular formula is C11H14FeN8. The SMILES string of the molecule is C#N.C#N.C#N.C#N.C#N.C#N.Cc1c[nH]c(C)n1.[Fe]. The first-order valence-corrected chi connectivity index (χ1v) is 3.82. The predicted molar refractivity (Wildman–Crippen MR) is 68.1 cm³/mol. The fraction of sp³-hybridized carbons (Fsp3) is 0.182. The standard InChI is InChI=1S/C5H8N2.6CHN.Fe/c1-4-3-6-5(2)7-4;6*1-2;/h3H,1-2H3,(H,6,7);6*1H;. The molecule has 0 bridgehead atoms. The van der Waals surface area contributed by atoms with E-state index in [9.17, 15) is 0 Å². The molecule has 0 spiro atoms. The first-order chi connectivity index (χ1) is 9.29. The molecule has 1 rings (SSSR count). The van der Waals surface area contributed by atoms with Crippen molar-refractivity contribution in [1.29, 1.82) is 31.6 Å². The molecule has 0 aliphatic rings. The molecule has 9 heteroatoms. The molecule has 20 heavy (non-hydrogen) atoms. The van der Waals surface area contributed by atoms with Crippen molar-refractivity contribution in [2.45, 2.75) is 13.8 Å². The van der Waals surface area contributed by atoms with Crippen LogP contribution in [0.15, 0.2) is 6.20 Å². The summed E-state index contributed by atoms with van der Waals surface area (Å²) in [4.78, 5) is 7.01.